The molecular weight excluding hydrogens is 412 g/mol. The van der Waals surface area contributed by atoms with Crippen LogP contribution in [0.1, 0.15) is 22.7 Å². The highest BCUT2D eigenvalue weighted by atomic mass is 32.2. The summed E-state index contributed by atoms with van der Waals surface area (Å²) in [5.74, 6) is 0. The molecule has 0 bridgehead atoms. The first-order valence-electron chi connectivity index (χ1n) is 8.54. The normalized spacial score (nSPS) is 19.5. The van der Waals surface area contributed by atoms with E-state index in [4.69, 9.17) is 12.2 Å². The highest BCUT2D eigenvalue weighted by Gasteiger charge is 2.41. The van der Waals surface area contributed by atoms with Crippen LogP contribution in [0, 0.1) is 0 Å². The second-order valence-electron chi connectivity index (χ2n) is 6.43. The second-order valence-corrected chi connectivity index (χ2v) is 9.55. The molecule has 1 fully saturated rings. The molecule has 6 nitrogen and oxygen atoms in total. The molecule has 0 spiro atoms. The molecule has 1 aliphatic rings. The molecule has 2 atom stereocenters. The lowest BCUT2D eigenvalue weighted by Gasteiger charge is -2.27. The molecule has 1 aromatic carbocycles. The number of aromatic nitrogens is 1. The van der Waals surface area contributed by atoms with Crippen LogP contribution in [0.25, 0.3) is 0 Å². The van der Waals surface area contributed by atoms with Crippen LogP contribution >= 0.6 is 23.6 Å². The minimum Gasteiger partial charge on any atom is -0.351 e. The maximum absolute atomic E-state index is 11.4. The molecule has 28 heavy (non-hydrogen) atoms. The summed E-state index contributed by atoms with van der Waals surface area (Å²) in [4.78, 5) is 7.75. The van der Waals surface area contributed by atoms with Crippen LogP contribution in [0.3, 0.4) is 0 Å². The van der Waals surface area contributed by atoms with Gasteiger partial charge in [-0.3, -0.25) is 9.71 Å². The van der Waals surface area contributed by atoms with Crippen molar-refractivity contribution in [3.63, 3.8) is 0 Å². The van der Waals surface area contributed by atoms with Crippen LogP contribution in [0.4, 0.5) is 11.4 Å². The molecule has 0 radical (unpaired) electrons. The van der Waals surface area contributed by atoms with Gasteiger partial charge in [0, 0.05) is 22.4 Å². The summed E-state index contributed by atoms with van der Waals surface area (Å²) in [5.41, 5.74) is 2.31. The minimum atomic E-state index is -3.32. The SMILES string of the molecule is CS(=O)(=O)Nc1ccc(N2C(=S)N[C@@H](c3ccccn3)[C@H]2c2cccs2)cc1. The number of thiocarbonyl (C=S) groups is 1. The molecular formula is C19H18N4O2S3. The van der Waals surface area contributed by atoms with Crippen molar-refractivity contribution in [1.29, 1.82) is 0 Å². The van der Waals surface area contributed by atoms with Gasteiger partial charge in [0.15, 0.2) is 5.11 Å². The Balaban J connectivity index is 1.71. The fraction of sp³-hybridized carbons (Fsp3) is 0.158. The van der Waals surface area contributed by atoms with Gasteiger partial charge in [0.1, 0.15) is 0 Å². The Morgan fingerprint density at radius 1 is 1.14 bits per heavy atom. The van der Waals surface area contributed by atoms with E-state index in [9.17, 15) is 8.42 Å². The van der Waals surface area contributed by atoms with Gasteiger partial charge in [0.05, 0.1) is 24.0 Å². The Labute approximate surface area is 173 Å². The quantitative estimate of drug-likeness (QED) is 0.602. The third-order valence-electron chi connectivity index (χ3n) is 4.38. The van der Waals surface area contributed by atoms with E-state index in [1.54, 1.807) is 29.7 Å². The zero-order chi connectivity index (χ0) is 19.7. The Hall–Kier alpha value is -2.49. The number of benzene rings is 1. The maximum atomic E-state index is 11.4. The Kier molecular flexibility index (Phi) is 5.05. The number of hydrogen-bond donors (Lipinski definition) is 2. The van der Waals surface area contributed by atoms with E-state index >= 15 is 0 Å². The van der Waals surface area contributed by atoms with Gasteiger partial charge >= 0.3 is 0 Å². The standard InChI is InChI=1S/C19H18N4O2S3/c1-28(24,25)22-13-7-9-14(10-8-13)23-18(16-6-4-12-27-16)17(21-19(23)26)15-5-2-3-11-20-15/h2-12,17-18,22H,1H3,(H,21,26)/t17-,18+/m0/s1. The number of hydrogen-bond acceptors (Lipinski definition) is 5. The Morgan fingerprint density at radius 2 is 1.93 bits per heavy atom. The molecule has 144 valence electrons. The van der Waals surface area contributed by atoms with Gasteiger partial charge in [-0.1, -0.05) is 12.1 Å². The summed E-state index contributed by atoms with van der Waals surface area (Å²) in [6, 6.07) is 17.0. The fourth-order valence-corrected chi connectivity index (χ4v) is 5.05. The largest absolute Gasteiger partial charge is 0.351 e. The van der Waals surface area contributed by atoms with E-state index in [2.05, 4.69) is 26.0 Å². The van der Waals surface area contributed by atoms with Crippen LogP contribution in [-0.4, -0.2) is 24.8 Å². The molecule has 3 aromatic rings. The van der Waals surface area contributed by atoms with Crippen molar-refractivity contribution in [2.45, 2.75) is 12.1 Å². The average molecular weight is 431 g/mol. The van der Waals surface area contributed by atoms with Gasteiger partial charge in [-0.05, 0) is 60.1 Å². The lowest BCUT2D eigenvalue weighted by molar-refractivity contribution is 0.575. The number of thiophene rings is 1. The topological polar surface area (TPSA) is 74.3 Å². The van der Waals surface area contributed by atoms with Crippen LogP contribution < -0.4 is 14.9 Å². The minimum absolute atomic E-state index is 0.0453. The monoisotopic (exact) mass is 430 g/mol. The van der Waals surface area contributed by atoms with Crippen molar-refractivity contribution < 1.29 is 8.42 Å². The van der Waals surface area contributed by atoms with E-state index in [0.29, 0.717) is 10.8 Å². The summed E-state index contributed by atoms with van der Waals surface area (Å²) in [6.45, 7) is 0. The summed E-state index contributed by atoms with van der Waals surface area (Å²) in [7, 11) is -3.32. The van der Waals surface area contributed by atoms with Gasteiger partial charge in [0.25, 0.3) is 0 Å². The molecule has 0 saturated carbocycles. The molecule has 3 heterocycles. The molecule has 1 saturated heterocycles. The van der Waals surface area contributed by atoms with E-state index in [1.807, 2.05) is 41.8 Å². The Bertz CT molecular complexity index is 1070. The first-order valence-corrected chi connectivity index (χ1v) is 11.7. The molecule has 2 aromatic heterocycles. The van der Waals surface area contributed by atoms with Crippen molar-refractivity contribution in [3.05, 3.63) is 76.7 Å². The summed E-state index contributed by atoms with van der Waals surface area (Å²) in [6.07, 6.45) is 2.91. The third kappa shape index (κ3) is 3.87. The molecule has 4 rings (SSSR count). The number of nitrogens with zero attached hydrogens (tertiary/aromatic N) is 2. The van der Waals surface area contributed by atoms with Gasteiger partial charge in [-0.25, -0.2) is 8.42 Å². The van der Waals surface area contributed by atoms with Crippen molar-refractivity contribution in [3.8, 4) is 0 Å². The number of pyridine rings is 1. The van der Waals surface area contributed by atoms with Crippen LogP contribution in [0.2, 0.25) is 0 Å². The zero-order valence-corrected chi connectivity index (χ0v) is 17.4. The average Bonchev–Trinajstić information content (AvgIpc) is 3.29. The summed E-state index contributed by atoms with van der Waals surface area (Å²) >= 11 is 7.32. The lowest BCUT2D eigenvalue weighted by atomic mass is 10.0. The van der Waals surface area contributed by atoms with Crippen molar-refractivity contribution >= 4 is 50.1 Å². The fourth-order valence-electron chi connectivity index (χ4n) is 3.29. The van der Waals surface area contributed by atoms with Crippen LogP contribution in [-0.2, 0) is 10.0 Å². The predicted molar refractivity (Wildman–Crippen MR) is 117 cm³/mol. The number of anilines is 2. The molecule has 2 N–H and O–H groups in total. The van der Waals surface area contributed by atoms with Gasteiger partial charge in [-0.15, -0.1) is 11.3 Å². The van der Waals surface area contributed by atoms with E-state index in [1.165, 1.54) is 4.88 Å². The van der Waals surface area contributed by atoms with Gasteiger partial charge in [0.2, 0.25) is 10.0 Å². The van der Waals surface area contributed by atoms with E-state index in [-0.39, 0.29) is 12.1 Å². The zero-order valence-electron chi connectivity index (χ0n) is 14.9. The van der Waals surface area contributed by atoms with Gasteiger partial charge < -0.3 is 10.2 Å². The number of sulfonamides is 1. The van der Waals surface area contributed by atoms with Gasteiger partial charge in [-0.2, -0.15) is 0 Å². The number of rotatable bonds is 5. The summed E-state index contributed by atoms with van der Waals surface area (Å²) in [5, 5.41) is 6.05. The smallest absolute Gasteiger partial charge is 0.229 e. The first-order chi connectivity index (χ1) is 13.4. The predicted octanol–water partition coefficient (Wildman–Crippen LogP) is 3.69. The highest BCUT2D eigenvalue weighted by molar-refractivity contribution is 7.92. The molecule has 1 aliphatic heterocycles. The molecule has 0 unspecified atom stereocenters. The van der Waals surface area contributed by atoms with E-state index in [0.717, 1.165) is 17.6 Å². The highest BCUT2D eigenvalue weighted by Crippen LogP contribution is 2.43. The van der Waals surface area contributed by atoms with E-state index < -0.39 is 10.0 Å². The number of nitrogens with one attached hydrogen (secondary N) is 2. The van der Waals surface area contributed by atoms with Crippen molar-refractivity contribution in [1.82, 2.24) is 10.3 Å². The summed E-state index contributed by atoms with van der Waals surface area (Å²) < 4.78 is 25.4. The van der Waals surface area contributed by atoms with Crippen LogP contribution in [0.15, 0.2) is 66.2 Å². The lowest BCUT2D eigenvalue weighted by Crippen LogP contribution is -2.29. The molecule has 0 amide bonds. The van der Waals surface area contributed by atoms with Crippen molar-refractivity contribution in [2.75, 3.05) is 15.9 Å². The molecule has 9 heteroatoms. The first kappa shape index (κ1) is 18.9. The second kappa shape index (κ2) is 7.50. The molecule has 0 aliphatic carbocycles. The van der Waals surface area contributed by atoms with Crippen LogP contribution in [0.5, 0.6) is 0 Å². The van der Waals surface area contributed by atoms with Crippen molar-refractivity contribution in [2.24, 2.45) is 0 Å². The Morgan fingerprint density at radius 3 is 2.54 bits per heavy atom. The maximum Gasteiger partial charge on any atom is 0.229 e. The third-order valence-corrected chi connectivity index (χ3v) is 6.25.